The van der Waals surface area contributed by atoms with Crippen molar-refractivity contribution in [3.05, 3.63) is 65.1 Å². The van der Waals surface area contributed by atoms with Crippen molar-refractivity contribution in [2.45, 2.75) is 70.8 Å². The fourth-order valence-electron chi connectivity index (χ4n) is 3.37. The Morgan fingerprint density at radius 3 is 2.25 bits per heavy atom. The molecule has 2 aromatic rings. The van der Waals surface area contributed by atoms with Gasteiger partial charge in [-0.25, -0.2) is 4.79 Å². The number of nitrogens with one attached hydrogen (secondary N) is 1. The molecule has 0 fully saturated rings. The summed E-state index contributed by atoms with van der Waals surface area (Å²) in [6, 6.07) is 11.2. The highest BCUT2D eigenvalue weighted by Gasteiger charge is 2.16. The Balaban J connectivity index is 1.89. The number of hydrogen-bond donors (Lipinski definition) is 2. The van der Waals surface area contributed by atoms with Crippen LogP contribution in [0.25, 0.3) is 0 Å². The Labute approximate surface area is 173 Å². The molecular formula is C24H33NO2S. The summed E-state index contributed by atoms with van der Waals surface area (Å²) < 4.78 is 0. The van der Waals surface area contributed by atoms with Crippen LogP contribution in [0.4, 0.5) is 5.00 Å². The van der Waals surface area contributed by atoms with Crippen LogP contribution in [0.5, 0.6) is 0 Å². The van der Waals surface area contributed by atoms with Gasteiger partial charge in [-0.2, -0.15) is 0 Å². The largest absolute Gasteiger partial charge is 0.478 e. The van der Waals surface area contributed by atoms with E-state index in [4.69, 9.17) is 5.11 Å². The first-order chi connectivity index (χ1) is 13.6. The molecule has 0 aliphatic rings. The molecule has 3 nitrogen and oxygen atoms in total. The van der Waals surface area contributed by atoms with E-state index in [1.165, 1.54) is 44.9 Å². The number of carboxylic acid groups (broad SMARTS) is 1. The van der Waals surface area contributed by atoms with Gasteiger partial charge in [0.15, 0.2) is 0 Å². The van der Waals surface area contributed by atoms with Crippen LogP contribution < -0.4 is 5.32 Å². The lowest BCUT2D eigenvalue weighted by Crippen LogP contribution is -2.13. The number of anilines is 1. The monoisotopic (exact) mass is 399 g/mol. The number of carbonyl (C=O) groups is 1. The smallest absolute Gasteiger partial charge is 0.335 e. The molecule has 0 saturated carbocycles. The fourth-order valence-corrected chi connectivity index (χ4v) is 4.02. The number of aromatic carboxylic acids is 1. The van der Waals surface area contributed by atoms with E-state index in [1.807, 2.05) is 23.6 Å². The molecule has 0 spiro atoms. The molecule has 0 aliphatic heterocycles. The molecule has 2 rings (SSSR count). The zero-order valence-electron chi connectivity index (χ0n) is 17.0. The van der Waals surface area contributed by atoms with Gasteiger partial charge in [0.1, 0.15) is 0 Å². The van der Waals surface area contributed by atoms with Gasteiger partial charge in [-0.3, -0.25) is 0 Å². The molecule has 1 atom stereocenters. The maximum atomic E-state index is 11.1. The van der Waals surface area contributed by atoms with Gasteiger partial charge in [0.05, 0.1) is 16.6 Å². The van der Waals surface area contributed by atoms with E-state index < -0.39 is 5.97 Å². The summed E-state index contributed by atoms with van der Waals surface area (Å²) in [5.74, 6) is -0.896. The molecule has 0 amide bonds. The van der Waals surface area contributed by atoms with Crippen molar-refractivity contribution >= 4 is 22.3 Å². The van der Waals surface area contributed by atoms with Gasteiger partial charge in [0, 0.05) is 0 Å². The molecule has 152 valence electrons. The summed E-state index contributed by atoms with van der Waals surface area (Å²) in [4.78, 5) is 11.1. The second-order valence-electron chi connectivity index (χ2n) is 7.36. The third kappa shape index (κ3) is 7.51. The number of hydrogen-bond acceptors (Lipinski definition) is 3. The predicted molar refractivity (Wildman–Crippen MR) is 120 cm³/mol. The average molecular weight is 400 g/mol. The van der Waals surface area contributed by atoms with Crippen LogP contribution in [0.1, 0.15) is 86.7 Å². The van der Waals surface area contributed by atoms with Crippen LogP contribution in [0.3, 0.4) is 0 Å². The fraction of sp³-hybridized carbons (Fsp3) is 0.458. The van der Waals surface area contributed by atoms with E-state index in [9.17, 15) is 4.79 Å². The highest BCUT2D eigenvalue weighted by molar-refractivity contribution is 7.14. The maximum Gasteiger partial charge on any atom is 0.335 e. The van der Waals surface area contributed by atoms with Crippen LogP contribution in [0.2, 0.25) is 0 Å². The predicted octanol–water partition coefficient (Wildman–Crippen LogP) is 7.69. The SMILES string of the molecule is C=C(CCCCCCCCCC)C(Nc1cccs1)c1ccc(C(=O)O)cc1. The van der Waals surface area contributed by atoms with Crippen LogP contribution in [-0.4, -0.2) is 11.1 Å². The Morgan fingerprint density at radius 2 is 1.68 bits per heavy atom. The molecule has 0 bridgehead atoms. The molecule has 0 aliphatic carbocycles. The molecule has 1 heterocycles. The number of thiophene rings is 1. The summed E-state index contributed by atoms with van der Waals surface area (Å²) in [5.41, 5.74) is 2.53. The minimum absolute atomic E-state index is 0.00560. The van der Waals surface area contributed by atoms with Crippen molar-refractivity contribution in [2.24, 2.45) is 0 Å². The number of carboxylic acids is 1. The lowest BCUT2D eigenvalue weighted by Gasteiger charge is -2.22. The zero-order chi connectivity index (χ0) is 20.2. The third-order valence-electron chi connectivity index (χ3n) is 5.06. The van der Waals surface area contributed by atoms with Gasteiger partial charge >= 0.3 is 5.97 Å². The molecular weight excluding hydrogens is 366 g/mol. The molecule has 2 N–H and O–H groups in total. The van der Waals surface area contributed by atoms with E-state index in [-0.39, 0.29) is 6.04 Å². The maximum absolute atomic E-state index is 11.1. The number of rotatable bonds is 14. The summed E-state index contributed by atoms with van der Waals surface area (Å²) >= 11 is 1.67. The van der Waals surface area contributed by atoms with Crippen LogP contribution in [0, 0.1) is 0 Å². The lowest BCUT2D eigenvalue weighted by atomic mass is 9.94. The minimum atomic E-state index is -0.896. The Morgan fingerprint density at radius 1 is 1.04 bits per heavy atom. The highest BCUT2D eigenvalue weighted by Crippen LogP contribution is 2.31. The van der Waals surface area contributed by atoms with E-state index in [0.717, 1.165) is 29.0 Å². The van der Waals surface area contributed by atoms with E-state index in [2.05, 4.69) is 24.9 Å². The van der Waals surface area contributed by atoms with Gasteiger partial charge in [-0.15, -0.1) is 11.3 Å². The molecule has 0 radical (unpaired) electrons. The van der Waals surface area contributed by atoms with Gasteiger partial charge in [-0.05, 0) is 48.1 Å². The van der Waals surface area contributed by atoms with Crippen LogP contribution >= 0.6 is 11.3 Å². The lowest BCUT2D eigenvalue weighted by molar-refractivity contribution is 0.0697. The second kappa shape index (κ2) is 12.4. The minimum Gasteiger partial charge on any atom is -0.478 e. The second-order valence-corrected chi connectivity index (χ2v) is 8.31. The van der Waals surface area contributed by atoms with Crippen molar-refractivity contribution in [2.75, 3.05) is 5.32 Å². The van der Waals surface area contributed by atoms with Crippen molar-refractivity contribution in [1.29, 1.82) is 0 Å². The molecule has 28 heavy (non-hydrogen) atoms. The van der Waals surface area contributed by atoms with Crippen molar-refractivity contribution in [1.82, 2.24) is 0 Å². The summed E-state index contributed by atoms with van der Waals surface area (Å²) in [6.45, 7) is 6.61. The van der Waals surface area contributed by atoms with Gasteiger partial charge in [0.2, 0.25) is 0 Å². The normalized spacial score (nSPS) is 11.9. The van der Waals surface area contributed by atoms with Gasteiger partial charge in [-0.1, -0.05) is 76.2 Å². The van der Waals surface area contributed by atoms with E-state index >= 15 is 0 Å². The standard InChI is InChI=1S/C24H33NO2S/c1-3-4-5-6-7-8-9-10-12-19(2)23(25-22-13-11-18-28-22)20-14-16-21(17-15-20)24(26)27/h11,13-18,23,25H,2-10,12H2,1H3,(H,26,27). The zero-order valence-corrected chi connectivity index (χ0v) is 17.8. The Hall–Kier alpha value is -2.07. The first kappa shape index (κ1) is 22.2. The summed E-state index contributed by atoms with van der Waals surface area (Å²) in [6.07, 6.45) is 11.4. The van der Waals surface area contributed by atoms with E-state index in [1.54, 1.807) is 23.5 Å². The quantitative estimate of drug-likeness (QED) is 0.253. The Kier molecular flexibility index (Phi) is 9.84. The third-order valence-corrected chi connectivity index (χ3v) is 5.86. The molecule has 1 aromatic carbocycles. The topological polar surface area (TPSA) is 49.3 Å². The Bertz CT molecular complexity index is 707. The van der Waals surface area contributed by atoms with Crippen molar-refractivity contribution in [3.8, 4) is 0 Å². The average Bonchev–Trinajstić information content (AvgIpc) is 3.21. The number of unbranched alkanes of at least 4 members (excludes halogenated alkanes) is 7. The summed E-state index contributed by atoms with van der Waals surface area (Å²) in [7, 11) is 0. The molecule has 1 aromatic heterocycles. The molecule has 0 saturated heterocycles. The first-order valence-electron chi connectivity index (χ1n) is 10.4. The summed E-state index contributed by atoms with van der Waals surface area (Å²) in [5, 5.41) is 15.9. The van der Waals surface area contributed by atoms with Gasteiger partial charge in [0.25, 0.3) is 0 Å². The number of benzene rings is 1. The van der Waals surface area contributed by atoms with E-state index in [0.29, 0.717) is 5.56 Å². The first-order valence-corrected chi connectivity index (χ1v) is 11.3. The highest BCUT2D eigenvalue weighted by atomic mass is 32.1. The van der Waals surface area contributed by atoms with Gasteiger partial charge < -0.3 is 10.4 Å². The molecule has 1 unspecified atom stereocenters. The van der Waals surface area contributed by atoms with Crippen molar-refractivity contribution < 1.29 is 9.90 Å². The van der Waals surface area contributed by atoms with Crippen LogP contribution in [-0.2, 0) is 0 Å². The van der Waals surface area contributed by atoms with Crippen molar-refractivity contribution in [3.63, 3.8) is 0 Å². The van der Waals surface area contributed by atoms with Crippen LogP contribution in [0.15, 0.2) is 53.9 Å². The molecule has 4 heteroatoms.